The number of aromatic nitrogens is 3. The Bertz CT molecular complexity index is 1620. The predicted molar refractivity (Wildman–Crippen MR) is 153 cm³/mol. The fourth-order valence-electron chi connectivity index (χ4n) is 5.80. The van der Waals surface area contributed by atoms with Gasteiger partial charge < -0.3 is 4.57 Å². The van der Waals surface area contributed by atoms with Crippen molar-refractivity contribution in [2.75, 3.05) is 13.1 Å². The first-order valence-corrected chi connectivity index (χ1v) is 12.9. The first kappa shape index (κ1) is 25.2. The number of pyridine rings is 1. The largest absolute Gasteiger partial charge is 0.340 e. The third-order valence-corrected chi connectivity index (χ3v) is 7.67. The molecular weight excluding hydrogens is 480 g/mol. The average Bonchev–Trinajstić information content (AvgIpc) is 3.02. The minimum absolute atomic E-state index is 0. The van der Waals surface area contributed by atoms with Crippen LogP contribution in [0.1, 0.15) is 40.1 Å². The van der Waals surface area contributed by atoms with E-state index in [9.17, 15) is 4.79 Å². The Balaban J connectivity index is 0.00000280. The van der Waals surface area contributed by atoms with Gasteiger partial charge in [-0.3, -0.25) is 14.1 Å². The highest BCUT2D eigenvalue weighted by atomic mass is 35.5. The van der Waals surface area contributed by atoms with Crippen molar-refractivity contribution in [3.8, 4) is 0 Å². The van der Waals surface area contributed by atoms with Gasteiger partial charge in [-0.1, -0.05) is 54.6 Å². The van der Waals surface area contributed by atoms with Gasteiger partial charge in [-0.05, 0) is 68.5 Å². The third-order valence-electron chi connectivity index (χ3n) is 7.67. The Labute approximate surface area is 223 Å². The van der Waals surface area contributed by atoms with E-state index < -0.39 is 0 Å². The van der Waals surface area contributed by atoms with E-state index in [1.807, 2.05) is 32.2 Å². The molecule has 0 fully saturated rings. The SMILES string of the molecule is Cc1nc2c(C)cccn2c(=O)c1CCN1CCCc2c(c3ccccc3n2Cc2ccccc2)C1.Cl. The zero-order valence-corrected chi connectivity index (χ0v) is 22.3. The molecule has 0 aliphatic carbocycles. The highest BCUT2D eigenvalue weighted by Crippen LogP contribution is 2.31. The molecule has 6 heteroatoms. The molecule has 0 saturated carbocycles. The molecule has 190 valence electrons. The number of fused-ring (bicyclic) bond motifs is 4. The second-order valence-electron chi connectivity index (χ2n) is 10.0. The van der Waals surface area contributed by atoms with Crippen molar-refractivity contribution in [2.45, 2.75) is 46.2 Å². The van der Waals surface area contributed by atoms with Gasteiger partial charge in [-0.2, -0.15) is 0 Å². The van der Waals surface area contributed by atoms with Crippen LogP contribution in [0.4, 0.5) is 0 Å². The van der Waals surface area contributed by atoms with Crippen LogP contribution in [0.2, 0.25) is 0 Å². The van der Waals surface area contributed by atoms with E-state index in [1.165, 1.54) is 27.7 Å². The van der Waals surface area contributed by atoms with E-state index in [0.29, 0.717) is 6.42 Å². The smallest absolute Gasteiger partial charge is 0.261 e. The van der Waals surface area contributed by atoms with Gasteiger partial charge in [-0.15, -0.1) is 12.4 Å². The summed E-state index contributed by atoms with van der Waals surface area (Å²) in [4.78, 5) is 20.6. The quantitative estimate of drug-likeness (QED) is 0.302. The van der Waals surface area contributed by atoms with Crippen LogP contribution in [0.25, 0.3) is 16.6 Å². The third kappa shape index (κ3) is 4.70. The lowest BCUT2D eigenvalue weighted by molar-refractivity contribution is 0.273. The van der Waals surface area contributed by atoms with Crippen LogP contribution in [-0.2, 0) is 25.9 Å². The Kier molecular flexibility index (Phi) is 7.18. The zero-order chi connectivity index (χ0) is 24.6. The van der Waals surface area contributed by atoms with Gasteiger partial charge >= 0.3 is 0 Å². The number of para-hydroxylation sites is 1. The van der Waals surface area contributed by atoms with E-state index in [0.717, 1.165) is 61.5 Å². The van der Waals surface area contributed by atoms with Crippen LogP contribution in [-0.4, -0.2) is 31.9 Å². The molecular formula is C31H33ClN4O. The summed E-state index contributed by atoms with van der Waals surface area (Å²) in [5, 5.41) is 1.36. The van der Waals surface area contributed by atoms with Gasteiger partial charge in [0.1, 0.15) is 5.65 Å². The van der Waals surface area contributed by atoms with Crippen LogP contribution in [0.3, 0.4) is 0 Å². The van der Waals surface area contributed by atoms with Gasteiger partial charge in [0.25, 0.3) is 5.56 Å². The first-order valence-electron chi connectivity index (χ1n) is 12.9. The van der Waals surface area contributed by atoms with Gasteiger partial charge in [0.2, 0.25) is 0 Å². The maximum absolute atomic E-state index is 13.3. The summed E-state index contributed by atoms with van der Waals surface area (Å²) >= 11 is 0. The topological polar surface area (TPSA) is 42.5 Å². The Morgan fingerprint density at radius 3 is 2.57 bits per heavy atom. The fraction of sp³-hybridized carbons (Fsp3) is 0.290. The van der Waals surface area contributed by atoms with Gasteiger partial charge in [0, 0.05) is 53.7 Å². The van der Waals surface area contributed by atoms with Crippen molar-refractivity contribution in [3.63, 3.8) is 0 Å². The van der Waals surface area contributed by atoms with Gasteiger partial charge in [0.15, 0.2) is 0 Å². The van der Waals surface area contributed by atoms with Gasteiger partial charge in [0.05, 0.1) is 0 Å². The molecule has 2 aromatic carbocycles. The molecule has 0 bridgehead atoms. The highest BCUT2D eigenvalue weighted by molar-refractivity contribution is 5.86. The number of nitrogens with zero attached hydrogens (tertiary/aromatic N) is 4. The van der Waals surface area contributed by atoms with E-state index in [-0.39, 0.29) is 18.0 Å². The normalized spacial score (nSPS) is 13.9. The second-order valence-corrected chi connectivity index (χ2v) is 10.0. The van der Waals surface area contributed by atoms with Crippen molar-refractivity contribution in [1.82, 2.24) is 18.9 Å². The number of aryl methyl sites for hydroxylation is 2. The number of halogens is 1. The molecule has 5 nitrogen and oxygen atoms in total. The number of rotatable bonds is 5. The summed E-state index contributed by atoms with van der Waals surface area (Å²) < 4.78 is 4.23. The van der Waals surface area contributed by atoms with E-state index in [4.69, 9.17) is 4.98 Å². The zero-order valence-electron chi connectivity index (χ0n) is 21.5. The fourth-order valence-corrected chi connectivity index (χ4v) is 5.80. The molecule has 0 spiro atoms. The lowest BCUT2D eigenvalue weighted by Crippen LogP contribution is -2.29. The second kappa shape index (κ2) is 10.5. The monoisotopic (exact) mass is 512 g/mol. The molecule has 4 heterocycles. The van der Waals surface area contributed by atoms with Crippen molar-refractivity contribution in [1.29, 1.82) is 0 Å². The van der Waals surface area contributed by atoms with E-state index in [1.54, 1.807) is 4.40 Å². The molecule has 0 atom stereocenters. The Morgan fingerprint density at radius 2 is 1.73 bits per heavy atom. The minimum atomic E-state index is 0. The average molecular weight is 513 g/mol. The molecule has 6 rings (SSSR count). The lowest BCUT2D eigenvalue weighted by Gasteiger charge is -2.20. The molecule has 1 aliphatic rings. The summed E-state index contributed by atoms with van der Waals surface area (Å²) in [7, 11) is 0. The minimum Gasteiger partial charge on any atom is -0.340 e. The predicted octanol–water partition coefficient (Wildman–Crippen LogP) is 5.73. The molecule has 0 N–H and O–H groups in total. The maximum atomic E-state index is 13.3. The number of benzene rings is 2. The van der Waals surface area contributed by atoms with Crippen LogP contribution in [0, 0.1) is 13.8 Å². The number of hydrogen-bond donors (Lipinski definition) is 0. The summed E-state index contributed by atoms with van der Waals surface area (Å²) in [6.45, 7) is 7.68. The maximum Gasteiger partial charge on any atom is 0.261 e. The van der Waals surface area contributed by atoms with Crippen LogP contribution in [0.5, 0.6) is 0 Å². The Hall–Kier alpha value is -3.41. The van der Waals surface area contributed by atoms with E-state index in [2.05, 4.69) is 64.1 Å². The van der Waals surface area contributed by atoms with Crippen molar-refractivity contribution < 1.29 is 0 Å². The molecule has 5 aromatic rings. The first-order chi connectivity index (χ1) is 17.6. The standard InChI is InChI=1S/C31H32N4O.ClH/c1-22-10-8-18-34-30(22)32-23(2)25(31(34)36)16-19-33-17-9-15-29-27(21-33)26-13-6-7-14-28(26)35(29)20-24-11-4-3-5-12-24;/h3-8,10-14,18H,9,15-17,19-21H2,1-2H3;1H. The lowest BCUT2D eigenvalue weighted by atomic mass is 10.1. The molecule has 0 saturated heterocycles. The molecule has 37 heavy (non-hydrogen) atoms. The number of hydrogen-bond acceptors (Lipinski definition) is 3. The summed E-state index contributed by atoms with van der Waals surface area (Å²) in [6, 6.07) is 23.5. The van der Waals surface area contributed by atoms with E-state index >= 15 is 0 Å². The highest BCUT2D eigenvalue weighted by Gasteiger charge is 2.23. The summed E-state index contributed by atoms with van der Waals surface area (Å²) in [5.74, 6) is 0. The molecule has 0 unspecified atom stereocenters. The molecule has 3 aromatic heterocycles. The van der Waals surface area contributed by atoms with Crippen LogP contribution in [0.15, 0.2) is 77.7 Å². The van der Waals surface area contributed by atoms with Crippen molar-refractivity contribution in [3.05, 3.63) is 117 Å². The van der Waals surface area contributed by atoms with Crippen molar-refractivity contribution in [2.24, 2.45) is 0 Å². The van der Waals surface area contributed by atoms with Crippen LogP contribution < -0.4 is 5.56 Å². The van der Waals surface area contributed by atoms with Gasteiger partial charge in [-0.25, -0.2) is 4.98 Å². The van der Waals surface area contributed by atoms with Crippen molar-refractivity contribution >= 4 is 29.0 Å². The summed E-state index contributed by atoms with van der Waals surface area (Å²) in [6.07, 6.45) is 4.74. The summed E-state index contributed by atoms with van der Waals surface area (Å²) in [5.41, 5.74) is 9.08. The Morgan fingerprint density at radius 1 is 0.946 bits per heavy atom. The molecule has 1 aliphatic heterocycles. The molecule has 0 radical (unpaired) electrons. The van der Waals surface area contributed by atoms with Crippen LogP contribution >= 0.6 is 12.4 Å². The molecule has 0 amide bonds.